The SMILES string of the molecule is Cc1csc(CC(NN)c2cc(C(F)(F)F)ccc2N)n1. The molecule has 21 heavy (non-hydrogen) atoms. The van der Waals surface area contributed by atoms with Crippen molar-refractivity contribution in [1.29, 1.82) is 0 Å². The number of aromatic nitrogens is 1. The minimum Gasteiger partial charge on any atom is -0.398 e. The van der Waals surface area contributed by atoms with E-state index in [9.17, 15) is 13.2 Å². The second kappa shape index (κ2) is 6.00. The van der Waals surface area contributed by atoms with Crippen LogP contribution in [0.1, 0.15) is 27.9 Å². The van der Waals surface area contributed by atoms with Crippen LogP contribution in [0.4, 0.5) is 18.9 Å². The monoisotopic (exact) mass is 316 g/mol. The Morgan fingerprint density at radius 3 is 2.62 bits per heavy atom. The van der Waals surface area contributed by atoms with Gasteiger partial charge in [0.05, 0.1) is 16.6 Å². The molecular weight excluding hydrogens is 301 g/mol. The molecule has 1 unspecified atom stereocenters. The number of rotatable bonds is 4. The average molecular weight is 316 g/mol. The van der Waals surface area contributed by atoms with Gasteiger partial charge in [-0.25, -0.2) is 4.98 Å². The van der Waals surface area contributed by atoms with E-state index >= 15 is 0 Å². The number of nitrogens with two attached hydrogens (primary N) is 2. The summed E-state index contributed by atoms with van der Waals surface area (Å²) in [5.41, 5.74) is 9.00. The number of halogens is 3. The Bertz CT molecular complexity index is 624. The van der Waals surface area contributed by atoms with Crippen LogP contribution in [-0.2, 0) is 12.6 Å². The van der Waals surface area contributed by atoms with Gasteiger partial charge in [0.1, 0.15) is 0 Å². The van der Waals surface area contributed by atoms with Crippen LogP contribution in [0.5, 0.6) is 0 Å². The standard InChI is InChI=1S/C13H15F3N4S/c1-7-6-21-12(19-7)5-11(20-18)9-4-8(13(14,15)16)2-3-10(9)17/h2-4,6,11,20H,5,17-18H2,1H3. The molecule has 0 amide bonds. The van der Waals surface area contributed by atoms with Crippen LogP contribution in [0.15, 0.2) is 23.6 Å². The summed E-state index contributed by atoms with van der Waals surface area (Å²) in [6.07, 6.45) is -4.04. The minimum absolute atomic E-state index is 0.263. The number of nitrogens with zero attached hydrogens (tertiary/aromatic N) is 1. The molecule has 0 fully saturated rings. The molecule has 0 aliphatic rings. The molecule has 0 spiro atoms. The van der Waals surface area contributed by atoms with E-state index in [4.69, 9.17) is 11.6 Å². The number of nitrogens with one attached hydrogen (secondary N) is 1. The van der Waals surface area contributed by atoms with Crippen LogP contribution in [0.3, 0.4) is 0 Å². The third-order valence-corrected chi connectivity index (χ3v) is 4.03. The summed E-state index contributed by atoms with van der Waals surface area (Å²) in [6.45, 7) is 1.85. The molecule has 5 N–H and O–H groups in total. The number of anilines is 1. The van der Waals surface area contributed by atoms with Crippen LogP contribution >= 0.6 is 11.3 Å². The van der Waals surface area contributed by atoms with Crippen molar-refractivity contribution in [3.05, 3.63) is 45.4 Å². The molecular formula is C13H15F3N4S. The predicted molar refractivity (Wildman–Crippen MR) is 76.5 cm³/mol. The first kappa shape index (κ1) is 15.7. The van der Waals surface area contributed by atoms with E-state index in [1.807, 2.05) is 12.3 Å². The Morgan fingerprint density at radius 1 is 1.38 bits per heavy atom. The molecule has 4 nitrogen and oxygen atoms in total. The fourth-order valence-corrected chi connectivity index (χ4v) is 2.80. The molecule has 0 radical (unpaired) electrons. The number of thiazole rings is 1. The number of benzene rings is 1. The zero-order valence-electron chi connectivity index (χ0n) is 11.2. The fraction of sp³-hybridized carbons (Fsp3) is 0.308. The average Bonchev–Trinajstić information content (AvgIpc) is 2.81. The molecule has 1 atom stereocenters. The van der Waals surface area contributed by atoms with Crippen molar-refractivity contribution in [3.8, 4) is 0 Å². The summed E-state index contributed by atoms with van der Waals surface area (Å²) in [5.74, 6) is 5.48. The van der Waals surface area contributed by atoms with Crippen LogP contribution in [-0.4, -0.2) is 4.98 Å². The third-order valence-electron chi connectivity index (χ3n) is 3.04. The van der Waals surface area contributed by atoms with Gasteiger partial charge in [0.15, 0.2) is 0 Å². The Labute approximate surface area is 124 Å². The van der Waals surface area contributed by atoms with Gasteiger partial charge in [0, 0.05) is 23.2 Å². The number of alkyl halides is 3. The smallest absolute Gasteiger partial charge is 0.398 e. The van der Waals surface area contributed by atoms with E-state index in [-0.39, 0.29) is 5.69 Å². The molecule has 8 heteroatoms. The second-order valence-corrected chi connectivity index (χ2v) is 5.59. The predicted octanol–water partition coefficient (Wildman–Crippen LogP) is 2.80. The van der Waals surface area contributed by atoms with Crippen LogP contribution in [0, 0.1) is 6.92 Å². The number of hydrogen-bond acceptors (Lipinski definition) is 5. The normalized spacial score (nSPS) is 13.4. The molecule has 1 aromatic carbocycles. The van der Waals surface area contributed by atoms with Crippen molar-refractivity contribution < 1.29 is 13.2 Å². The fourth-order valence-electron chi connectivity index (χ4n) is 1.98. The first-order chi connectivity index (χ1) is 9.81. The molecule has 1 aromatic heterocycles. The topological polar surface area (TPSA) is 77.0 Å². The zero-order chi connectivity index (χ0) is 15.6. The van der Waals surface area contributed by atoms with Gasteiger partial charge in [0.25, 0.3) is 0 Å². The van der Waals surface area contributed by atoms with Crippen LogP contribution in [0.2, 0.25) is 0 Å². The van der Waals surface area contributed by atoms with Crippen LogP contribution < -0.4 is 17.0 Å². The maximum Gasteiger partial charge on any atom is 0.416 e. The Morgan fingerprint density at radius 2 is 2.10 bits per heavy atom. The van der Waals surface area contributed by atoms with Crippen molar-refractivity contribution in [1.82, 2.24) is 10.4 Å². The molecule has 0 saturated carbocycles. The van der Waals surface area contributed by atoms with Crippen molar-refractivity contribution >= 4 is 17.0 Å². The number of hydrogen-bond donors (Lipinski definition) is 3. The van der Waals surface area contributed by atoms with E-state index in [0.717, 1.165) is 22.8 Å². The van der Waals surface area contributed by atoms with Crippen LogP contribution in [0.25, 0.3) is 0 Å². The summed E-state index contributed by atoms with van der Waals surface area (Å²) < 4.78 is 38.4. The highest BCUT2D eigenvalue weighted by Gasteiger charge is 2.31. The van der Waals surface area contributed by atoms with Gasteiger partial charge in [-0.05, 0) is 30.7 Å². The molecule has 114 valence electrons. The first-order valence-corrected chi connectivity index (χ1v) is 7.03. The van der Waals surface area contributed by atoms with Crippen molar-refractivity contribution in [2.45, 2.75) is 25.6 Å². The Balaban J connectivity index is 2.33. The first-order valence-electron chi connectivity index (χ1n) is 6.15. The van der Waals surface area contributed by atoms with E-state index in [2.05, 4.69) is 10.4 Å². The molecule has 0 aliphatic carbocycles. The molecule has 0 aliphatic heterocycles. The summed E-state index contributed by atoms with van der Waals surface area (Å²) >= 11 is 1.43. The summed E-state index contributed by atoms with van der Waals surface area (Å²) in [7, 11) is 0. The lowest BCUT2D eigenvalue weighted by Gasteiger charge is -2.19. The van der Waals surface area contributed by atoms with Gasteiger partial charge in [-0.3, -0.25) is 11.3 Å². The van der Waals surface area contributed by atoms with Gasteiger partial charge in [-0.15, -0.1) is 11.3 Å². The zero-order valence-corrected chi connectivity index (χ0v) is 12.1. The highest BCUT2D eigenvalue weighted by Crippen LogP contribution is 2.33. The Hall–Kier alpha value is -1.64. The summed E-state index contributed by atoms with van der Waals surface area (Å²) in [6, 6.07) is 2.70. The number of hydrazine groups is 1. The lowest BCUT2D eigenvalue weighted by Crippen LogP contribution is -2.30. The summed E-state index contributed by atoms with van der Waals surface area (Å²) in [5, 5.41) is 2.66. The Kier molecular flexibility index (Phi) is 4.50. The molecule has 0 saturated heterocycles. The minimum atomic E-state index is -4.42. The highest BCUT2D eigenvalue weighted by atomic mass is 32.1. The maximum absolute atomic E-state index is 12.8. The third kappa shape index (κ3) is 3.72. The van der Waals surface area contributed by atoms with E-state index in [0.29, 0.717) is 12.0 Å². The molecule has 2 rings (SSSR count). The summed E-state index contributed by atoms with van der Waals surface area (Å²) in [4.78, 5) is 4.28. The van der Waals surface area contributed by atoms with Crippen molar-refractivity contribution in [3.63, 3.8) is 0 Å². The molecule has 2 aromatic rings. The number of aryl methyl sites for hydroxylation is 1. The highest BCUT2D eigenvalue weighted by molar-refractivity contribution is 7.09. The van der Waals surface area contributed by atoms with Gasteiger partial charge in [0.2, 0.25) is 0 Å². The van der Waals surface area contributed by atoms with Gasteiger partial charge < -0.3 is 5.73 Å². The largest absolute Gasteiger partial charge is 0.416 e. The van der Waals surface area contributed by atoms with E-state index in [1.165, 1.54) is 17.4 Å². The van der Waals surface area contributed by atoms with Gasteiger partial charge in [-0.1, -0.05) is 0 Å². The number of nitrogen functional groups attached to an aromatic ring is 1. The molecule has 0 bridgehead atoms. The lowest BCUT2D eigenvalue weighted by atomic mass is 9.99. The maximum atomic E-state index is 12.8. The quantitative estimate of drug-likeness (QED) is 0.460. The van der Waals surface area contributed by atoms with Gasteiger partial charge >= 0.3 is 6.18 Å². The second-order valence-electron chi connectivity index (χ2n) is 4.65. The van der Waals surface area contributed by atoms with Crippen molar-refractivity contribution in [2.24, 2.45) is 5.84 Å². The van der Waals surface area contributed by atoms with E-state index in [1.54, 1.807) is 0 Å². The lowest BCUT2D eigenvalue weighted by molar-refractivity contribution is -0.137. The van der Waals surface area contributed by atoms with E-state index < -0.39 is 17.8 Å². The van der Waals surface area contributed by atoms with Gasteiger partial charge in [-0.2, -0.15) is 13.2 Å². The molecule has 1 heterocycles. The van der Waals surface area contributed by atoms with Crippen molar-refractivity contribution in [2.75, 3.05) is 5.73 Å².